The quantitative estimate of drug-likeness (QED) is 0.346. The summed E-state index contributed by atoms with van der Waals surface area (Å²) in [5.74, 6) is -0.322. The molecular weight excluding hydrogens is 136 g/mol. The van der Waals surface area contributed by atoms with E-state index in [1.165, 1.54) is 13.2 Å². The predicted molar refractivity (Wildman–Crippen MR) is 35.8 cm³/mol. The highest BCUT2D eigenvalue weighted by molar-refractivity contribution is 4.84. The van der Waals surface area contributed by atoms with E-state index in [0.717, 1.165) is 0 Å². The lowest BCUT2D eigenvalue weighted by Gasteiger charge is -1.93. The number of nitrogens with zero attached hydrogens (tertiary/aromatic N) is 1. The average molecular weight is 146 g/mol. The fourth-order valence-corrected chi connectivity index (χ4v) is 0.399. The highest BCUT2D eigenvalue weighted by Crippen LogP contribution is 1.89. The third-order valence-corrected chi connectivity index (χ3v) is 0.886. The van der Waals surface area contributed by atoms with Crippen molar-refractivity contribution in [1.82, 2.24) is 0 Å². The minimum absolute atomic E-state index is 0.322. The van der Waals surface area contributed by atoms with Crippen LogP contribution in [0.15, 0.2) is 11.9 Å². The van der Waals surface area contributed by atoms with Crippen LogP contribution in [0.25, 0.3) is 0 Å². The highest BCUT2D eigenvalue weighted by Gasteiger charge is 1.96. The molecule has 58 valence electrons. The first kappa shape index (κ1) is 8.90. The first-order valence-electron chi connectivity index (χ1n) is 2.77. The Kier molecular flexibility index (Phi) is 4.23. The average Bonchev–Trinajstić information content (AvgIpc) is 1.88. The van der Waals surface area contributed by atoms with Gasteiger partial charge in [0.05, 0.1) is 0 Å². The van der Waals surface area contributed by atoms with E-state index in [1.807, 2.05) is 0 Å². The Labute approximate surface area is 58.6 Å². The molecule has 0 saturated carbocycles. The molecule has 0 saturated heterocycles. The van der Waals surface area contributed by atoms with E-state index < -0.39 is 4.92 Å². The Hall–Kier alpha value is -1.10. The van der Waals surface area contributed by atoms with Gasteiger partial charge in [0.2, 0.25) is 0 Å². The Morgan fingerprint density at radius 1 is 1.90 bits per heavy atom. The third kappa shape index (κ3) is 3.85. The van der Waals surface area contributed by atoms with Crippen LogP contribution in [0.1, 0.15) is 6.42 Å². The summed E-state index contributed by atoms with van der Waals surface area (Å²) < 4.78 is 4.65. The summed E-state index contributed by atoms with van der Waals surface area (Å²) >= 11 is 0. The van der Waals surface area contributed by atoms with Gasteiger partial charge in [-0.05, 0) is 11.3 Å². The van der Waals surface area contributed by atoms with Crippen LogP contribution in [0.5, 0.6) is 0 Å². The summed E-state index contributed by atoms with van der Waals surface area (Å²) in [6, 6.07) is 0. The first-order valence-corrected chi connectivity index (χ1v) is 2.77. The predicted octanol–water partition coefficient (Wildman–Crippen LogP) is 0.0997. The lowest BCUT2D eigenvalue weighted by Crippen LogP contribution is -2.08. The summed E-state index contributed by atoms with van der Waals surface area (Å²) in [7, 11) is 1.52. The van der Waals surface area contributed by atoms with Crippen molar-refractivity contribution in [3.8, 4) is 0 Å². The van der Waals surface area contributed by atoms with Crippen molar-refractivity contribution in [2.75, 3.05) is 13.7 Å². The standard InChI is InChI=1S/C5H10N2O3/c1-10-4-2-3-5(6)7(8)9/h3H,2,4,6H2,1H3. The van der Waals surface area contributed by atoms with Gasteiger partial charge in [-0.25, -0.2) is 0 Å². The van der Waals surface area contributed by atoms with Crippen molar-refractivity contribution in [3.63, 3.8) is 0 Å². The van der Waals surface area contributed by atoms with Crippen molar-refractivity contribution >= 4 is 0 Å². The minimum atomic E-state index is -0.629. The summed E-state index contributed by atoms with van der Waals surface area (Å²) in [6.45, 7) is 0.453. The van der Waals surface area contributed by atoms with E-state index in [1.54, 1.807) is 0 Å². The van der Waals surface area contributed by atoms with E-state index in [2.05, 4.69) is 4.74 Å². The maximum atomic E-state index is 9.86. The van der Waals surface area contributed by atoms with Crippen LogP contribution in [0.2, 0.25) is 0 Å². The molecule has 0 aliphatic rings. The number of rotatable bonds is 4. The lowest BCUT2D eigenvalue weighted by molar-refractivity contribution is -0.426. The van der Waals surface area contributed by atoms with Gasteiger partial charge in [-0.2, -0.15) is 0 Å². The van der Waals surface area contributed by atoms with E-state index >= 15 is 0 Å². The zero-order valence-corrected chi connectivity index (χ0v) is 5.74. The molecule has 5 heteroatoms. The maximum Gasteiger partial charge on any atom is 0.310 e. The first-order chi connectivity index (χ1) is 4.68. The van der Waals surface area contributed by atoms with Crippen molar-refractivity contribution in [3.05, 3.63) is 22.0 Å². The molecule has 5 nitrogen and oxygen atoms in total. The van der Waals surface area contributed by atoms with Gasteiger partial charge < -0.3 is 14.9 Å². The Bertz CT molecular complexity index is 144. The molecule has 0 aromatic heterocycles. The van der Waals surface area contributed by atoms with Crippen molar-refractivity contribution in [2.45, 2.75) is 6.42 Å². The van der Waals surface area contributed by atoms with Gasteiger partial charge in [-0.3, -0.25) is 5.73 Å². The van der Waals surface area contributed by atoms with E-state index in [9.17, 15) is 10.1 Å². The van der Waals surface area contributed by atoms with Gasteiger partial charge in [-0.15, -0.1) is 0 Å². The summed E-state index contributed by atoms with van der Waals surface area (Å²) in [5.41, 5.74) is 4.96. The number of hydrogen-bond donors (Lipinski definition) is 1. The molecule has 0 amide bonds. The van der Waals surface area contributed by atoms with Gasteiger partial charge in [0.15, 0.2) is 0 Å². The fourth-order valence-electron chi connectivity index (χ4n) is 0.399. The van der Waals surface area contributed by atoms with Crippen molar-refractivity contribution in [1.29, 1.82) is 0 Å². The number of methoxy groups -OCH3 is 1. The molecule has 0 atom stereocenters. The normalized spacial score (nSPS) is 11.5. The number of ether oxygens (including phenoxy) is 1. The molecular formula is C5H10N2O3. The lowest BCUT2D eigenvalue weighted by atomic mass is 10.4. The molecule has 0 unspecified atom stereocenters. The van der Waals surface area contributed by atoms with Gasteiger partial charge in [-0.1, -0.05) is 0 Å². The Morgan fingerprint density at radius 3 is 2.90 bits per heavy atom. The summed E-state index contributed by atoms with van der Waals surface area (Å²) in [4.78, 5) is 9.24. The smallest absolute Gasteiger partial charge is 0.310 e. The SMILES string of the molecule is COCCC=C(N)[N+](=O)[O-]. The molecule has 0 radical (unpaired) electrons. The van der Waals surface area contributed by atoms with Crippen LogP contribution in [0, 0.1) is 10.1 Å². The van der Waals surface area contributed by atoms with Crippen LogP contribution in [-0.4, -0.2) is 18.6 Å². The molecule has 0 aromatic rings. The Balaban J connectivity index is 3.58. The molecule has 0 heterocycles. The zero-order chi connectivity index (χ0) is 7.98. The number of nitrogens with two attached hydrogens (primary N) is 1. The molecule has 0 bridgehead atoms. The molecule has 2 N–H and O–H groups in total. The van der Waals surface area contributed by atoms with Crippen molar-refractivity contribution in [2.24, 2.45) is 5.73 Å². The van der Waals surface area contributed by atoms with Gasteiger partial charge in [0.25, 0.3) is 0 Å². The van der Waals surface area contributed by atoms with Crippen LogP contribution in [-0.2, 0) is 4.74 Å². The number of hydrogen-bond acceptors (Lipinski definition) is 4. The van der Waals surface area contributed by atoms with Crippen LogP contribution in [0.3, 0.4) is 0 Å². The largest absolute Gasteiger partial charge is 0.384 e. The van der Waals surface area contributed by atoms with Gasteiger partial charge >= 0.3 is 5.82 Å². The molecule has 0 aliphatic heterocycles. The fraction of sp³-hybridized carbons (Fsp3) is 0.600. The number of nitro groups is 1. The van der Waals surface area contributed by atoms with Crippen LogP contribution in [0.4, 0.5) is 0 Å². The monoisotopic (exact) mass is 146 g/mol. The second-order valence-electron chi connectivity index (χ2n) is 1.67. The summed E-state index contributed by atoms with van der Waals surface area (Å²) in [6.07, 6.45) is 1.80. The molecule has 0 fully saturated rings. The minimum Gasteiger partial charge on any atom is -0.384 e. The molecule has 0 spiro atoms. The van der Waals surface area contributed by atoms with E-state index in [0.29, 0.717) is 13.0 Å². The van der Waals surface area contributed by atoms with Crippen molar-refractivity contribution < 1.29 is 9.66 Å². The third-order valence-electron chi connectivity index (χ3n) is 0.886. The zero-order valence-electron chi connectivity index (χ0n) is 5.74. The van der Waals surface area contributed by atoms with Crippen LogP contribution >= 0.6 is 0 Å². The van der Waals surface area contributed by atoms with E-state index in [4.69, 9.17) is 5.73 Å². The maximum absolute atomic E-state index is 9.86. The van der Waals surface area contributed by atoms with E-state index in [-0.39, 0.29) is 5.82 Å². The van der Waals surface area contributed by atoms with Gasteiger partial charge in [0, 0.05) is 19.8 Å². The van der Waals surface area contributed by atoms with Crippen LogP contribution < -0.4 is 5.73 Å². The topological polar surface area (TPSA) is 78.4 Å². The summed E-state index contributed by atoms with van der Waals surface area (Å²) in [5, 5.41) is 9.86. The highest BCUT2D eigenvalue weighted by atomic mass is 16.6. The molecule has 0 rings (SSSR count). The second kappa shape index (κ2) is 4.75. The molecule has 0 aliphatic carbocycles. The second-order valence-corrected chi connectivity index (χ2v) is 1.67. The molecule has 0 aromatic carbocycles. The Morgan fingerprint density at radius 2 is 2.50 bits per heavy atom. The van der Waals surface area contributed by atoms with Gasteiger partial charge in [0.1, 0.15) is 0 Å². The molecule has 10 heavy (non-hydrogen) atoms.